The summed E-state index contributed by atoms with van der Waals surface area (Å²) in [6, 6.07) is 0.581. The first-order chi connectivity index (χ1) is 10.2. The maximum atomic E-state index is 11.7. The lowest BCUT2D eigenvalue weighted by molar-refractivity contribution is -0.129. The lowest BCUT2D eigenvalue weighted by Gasteiger charge is -2.37. The van der Waals surface area contributed by atoms with Crippen LogP contribution < -0.4 is 15.0 Å². The Balaban J connectivity index is 1.80. The zero-order chi connectivity index (χ0) is 14.8. The summed E-state index contributed by atoms with van der Waals surface area (Å²) in [5.74, 6) is 1.39. The van der Waals surface area contributed by atoms with Gasteiger partial charge in [-0.25, -0.2) is 0 Å². The third-order valence-electron chi connectivity index (χ3n) is 3.90. The smallest absolute Gasteiger partial charge is 0.322 e. The number of nitrogens with zero attached hydrogens (tertiary/aromatic N) is 5. The zero-order valence-electron chi connectivity index (χ0n) is 12.4. The van der Waals surface area contributed by atoms with Crippen molar-refractivity contribution in [3.8, 4) is 6.01 Å². The average Bonchev–Trinajstić information content (AvgIpc) is 2.88. The highest BCUT2D eigenvalue weighted by molar-refractivity contribution is 5.79. The topological polar surface area (TPSA) is 83.5 Å². The molecule has 1 N–H and O–H groups in total. The predicted octanol–water partition coefficient (Wildman–Crippen LogP) is 0.123. The van der Waals surface area contributed by atoms with Gasteiger partial charge in [-0.05, 0) is 13.3 Å². The van der Waals surface area contributed by atoms with Crippen molar-refractivity contribution in [2.24, 2.45) is 0 Å². The third kappa shape index (κ3) is 2.70. The van der Waals surface area contributed by atoms with Crippen LogP contribution in [0.4, 0.5) is 11.9 Å². The second-order valence-electron chi connectivity index (χ2n) is 5.20. The van der Waals surface area contributed by atoms with Crippen LogP contribution in [0.2, 0.25) is 0 Å². The first-order valence-corrected chi connectivity index (χ1v) is 7.29. The summed E-state index contributed by atoms with van der Waals surface area (Å²) in [7, 11) is 1.54. The Morgan fingerprint density at radius 2 is 2.19 bits per heavy atom. The molecule has 0 spiro atoms. The highest BCUT2D eigenvalue weighted by Gasteiger charge is 2.36. The number of nitrogens with one attached hydrogen (secondary N) is 1. The number of hydrogen-bond acceptors (Lipinski definition) is 7. The Bertz CT molecular complexity index is 537. The van der Waals surface area contributed by atoms with Crippen LogP contribution in [-0.4, -0.2) is 65.1 Å². The molecule has 8 heteroatoms. The lowest BCUT2D eigenvalue weighted by Crippen LogP contribution is -2.52. The quantitative estimate of drug-likeness (QED) is 0.844. The van der Waals surface area contributed by atoms with E-state index in [1.165, 1.54) is 0 Å². The van der Waals surface area contributed by atoms with Crippen molar-refractivity contribution in [1.82, 2.24) is 19.9 Å². The number of anilines is 2. The molecule has 2 aliphatic heterocycles. The van der Waals surface area contributed by atoms with Gasteiger partial charge in [-0.2, -0.15) is 15.0 Å². The van der Waals surface area contributed by atoms with E-state index in [4.69, 9.17) is 4.74 Å². The van der Waals surface area contributed by atoms with Gasteiger partial charge in [0.1, 0.15) is 0 Å². The second-order valence-corrected chi connectivity index (χ2v) is 5.20. The molecule has 0 aliphatic carbocycles. The second kappa shape index (κ2) is 5.71. The number of amides is 1. The van der Waals surface area contributed by atoms with E-state index >= 15 is 0 Å². The molecule has 1 atom stereocenters. The molecule has 0 aromatic carbocycles. The summed E-state index contributed by atoms with van der Waals surface area (Å²) in [5.41, 5.74) is 0. The lowest BCUT2D eigenvalue weighted by atomic mass is 10.2. The summed E-state index contributed by atoms with van der Waals surface area (Å²) in [4.78, 5) is 28.7. The van der Waals surface area contributed by atoms with Crippen molar-refractivity contribution in [3.05, 3.63) is 0 Å². The third-order valence-corrected chi connectivity index (χ3v) is 3.90. The van der Waals surface area contributed by atoms with Gasteiger partial charge in [0.2, 0.25) is 17.8 Å². The van der Waals surface area contributed by atoms with Gasteiger partial charge in [0.25, 0.3) is 0 Å². The number of carbonyl (C=O) groups excluding carboxylic acids is 1. The van der Waals surface area contributed by atoms with Crippen LogP contribution in [0.25, 0.3) is 0 Å². The number of ether oxygens (including phenoxy) is 1. The first kappa shape index (κ1) is 13.8. The molecule has 3 heterocycles. The number of aromatic nitrogens is 3. The first-order valence-electron chi connectivity index (χ1n) is 7.29. The maximum absolute atomic E-state index is 11.7. The number of carbonyl (C=O) groups is 1. The van der Waals surface area contributed by atoms with E-state index < -0.39 is 0 Å². The van der Waals surface area contributed by atoms with Crippen LogP contribution in [0.3, 0.4) is 0 Å². The largest absolute Gasteiger partial charge is 0.467 e. The molecular formula is C13H20N6O2. The van der Waals surface area contributed by atoms with E-state index in [1.807, 2.05) is 11.8 Å². The Morgan fingerprint density at radius 3 is 2.95 bits per heavy atom. The van der Waals surface area contributed by atoms with Crippen molar-refractivity contribution < 1.29 is 9.53 Å². The highest BCUT2D eigenvalue weighted by atomic mass is 16.5. The van der Waals surface area contributed by atoms with Crippen LogP contribution in [0.5, 0.6) is 6.01 Å². The molecule has 1 unspecified atom stereocenters. The van der Waals surface area contributed by atoms with E-state index in [0.29, 0.717) is 24.3 Å². The highest BCUT2D eigenvalue weighted by Crippen LogP contribution is 2.25. The standard InChI is InChI=1S/C13H20N6O2/c1-3-14-11-15-12(17-13(16-11)21-2)18-6-7-19-9(8-18)4-5-10(19)20/h9H,3-8H2,1-2H3,(H,14,15,16,17). The van der Waals surface area contributed by atoms with Crippen molar-refractivity contribution >= 4 is 17.8 Å². The molecule has 114 valence electrons. The van der Waals surface area contributed by atoms with Gasteiger partial charge in [-0.15, -0.1) is 0 Å². The Hall–Kier alpha value is -2.12. The van der Waals surface area contributed by atoms with Crippen LogP contribution in [0, 0.1) is 0 Å². The Morgan fingerprint density at radius 1 is 1.33 bits per heavy atom. The van der Waals surface area contributed by atoms with Gasteiger partial charge in [0.15, 0.2) is 0 Å². The number of methoxy groups -OCH3 is 1. The van der Waals surface area contributed by atoms with Gasteiger partial charge in [-0.1, -0.05) is 0 Å². The molecule has 2 aliphatic rings. The molecule has 2 saturated heterocycles. The molecule has 0 radical (unpaired) electrons. The average molecular weight is 292 g/mol. The Labute approximate surface area is 123 Å². The minimum Gasteiger partial charge on any atom is -0.467 e. The van der Waals surface area contributed by atoms with Gasteiger partial charge in [-0.3, -0.25) is 4.79 Å². The fourth-order valence-electron chi connectivity index (χ4n) is 2.86. The fraction of sp³-hybridized carbons (Fsp3) is 0.692. The summed E-state index contributed by atoms with van der Waals surface area (Å²) in [5, 5.41) is 3.08. The molecule has 1 amide bonds. The van der Waals surface area contributed by atoms with E-state index in [-0.39, 0.29) is 11.9 Å². The van der Waals surface area contributed by atoms with E-state index in [0.717, 1.165) is 32.6 Å². The molecule has 3 rings (SSSR count). The van der Waals surface area contributed by atoms with Gasteiger partial charge in [0.05, 0.1) is 7.11 Å². The summed E-state index contributed by atoms with van der Waals surface area (Å²) in [6.07, 6.45) is 1.57. The minimum absolute atomic E-state index is 0.265. The summed E-state index contributed by atoms with van der Waals surface area (Å²) < 4.78 is 5.14. The van der Waals surface area contributed by atoms with Crippen LogP contribution >= 0.6 is 0 Å². The van der Waals surface area contributed by atoms with Crippen LogP contribution in [0.1, 0.15) is 19.8 Å². The molecule has 1 aromatic heterocycles. The normalized spacial score (nSPS) is 21.4. The monoisotopic (exact) mass is 292 g/mol. The number of fused-ring (bicyclic) bond motifs is 1. The van der Waals surface area contributed by atoms with E-state index in [9.17, 15) is 4.79 Å². The summed E-state index contributed by atoms with van der Waals surface area (Å²) >= 11 is 0. The molecule has 1 aromatic rings. The van der Waals surface area contributed by atoms with Crippen LogP contribution in [-0.2, 0) is 4.79 Å². The summed E-state index contributed by atoms with van der Waals surface area (Å²) in [6.45, 7) is 4.95. The van der Waals surface area contributed by atoms with Crippen molar-refractivity contribution in [2.45, 2.75) is 25.8 Å². The van der Waals surface area contributed by atoms with E-state index in [1.54, 1.807) is 7.11 Å². The zero-order valence-corrected chi connectivity index (χ0v) is 12.4. The minimum atomic E-state index is 0.265. The SMILES string of the molecule is CCNc1nc(OC)nc(N2CCN3C(=O)CCC3C2)n1. The predicted molar refractivity (Wildman–Crippen MR) is 77.5 cm³/mol. The molecule has 0 bridgehead atoms. The maximum Gasteiger partial charge on any atom is 0.322 e. The Kier molecular flexibility index (Phi) is 3.76. The van der Waals surface area contributed by atoms with Gasteiger partial charge < -0.3 is 19.9 Å². The van der Waals surface area contributed by atoms with Crippen LogP contribution in [0.15, 0.2) is 0 Å². The van der Waals surface area contributed by atoms with Crippen molar-refractivity contribution in [3.63, 3.8) is 0 Å². The molecule has 8 nitrogen and oxygen atoms in total. The fourth-order valence-corrected chi connectivity index (χ4v) is 2.86. The molecular weight excluding hydrogens is 272 g/mol. The van der Waals surface area contributed by atoms with Gasteiger partial charge in [0, 0.05) is 38.6 Å². The van der Waals surface area contributed by atoms with Crippen molar-refractivity contribution in [2.75, 3.05) is 43.5 Å². The van der Waals surface area contributed by atoms with E-state index in [2.05, 4.69) is 25.2 Å². The molecule has 21 heavy (non-hydrogen) atoms. The van der Waals surface area contributed by atoms with Gasteiger partial charge >= 0.3 is 6.01 Å². The molecule has 0 saturated carbocycles. The van der Waals surface area contributed by atoms with Crippen molar-refractivity contribution in [1.29, 1.82) is 0 Å². The molecule has 2 fully saturated rings. The number of hydrogen-bond donors (Lipinski definition) is 1. The number of rotatable bonds is 4. The number of piperazine rings is 1.